The summed E-state index contributed by atoms with van der Waals surface area (Å²) in [6.07, 6.45) is 1.98. The highest BCUT2D eigenvalue weighted by atomic mass is 16.3. The molecule has 1 aromatic carbocycles. The first-order chi connectivity index (χ1) is 9.27. The van der Waals surface area contributed by atoms with Crippen LogP contribution >= 0.6 is 0 Å². The Hall–Kier alpha value is -1.87. The number of aromatic nitrogens is 1. The minimum absolute atomic E-state index is 0.0858. The van der Waals surface area contributed by atoms with Crippen LogP contribution in [0.4, 0.5) is 0 Å². The Morgan fingerprint density at radius 3 is 2.47 bits per heavy atom. The van der Waals surface area contributed by atoms with Gasteiger partial charge in [0.2, 0.25) is 0 Å². The molecule has 1 N–H and O–H groups in total. The molecule has 0 saturated carbocycles. The minimum Gasteiger partial charge on any atom is -0.391 e. The van der Waals surface area contributed by atoms with Gasteiger partial charge in [-0.1, -0.05) is 43.7 Å². The van der Waals surface area contributed by atoms with Crippen LogP contribution < -0.4 is 5.56 Å². The van der Waals surface area contributed by atoms with Crippen LogP contribution in [0.2, 0.25) is 0 Å². The second-order valence-corrected chi connectivity index (χ2v) is 4.58. The molecule has 0 bridgehead atoms. The van der Waals surface area contributed by atoms with Gasteiger partial charge in [0.1, 0.15) is 0 Å². The number of rotatable bonds is 5. The van der Waals surface area contributed by atoms with Gasteiger partial charge in [-0.25, -0.2) is 0 Å². The summed E-state index contributed by atoms with van der Waals surface area (Å²) in [6.45, 7) is 2.58. The van der Waals surface area contributed by atoms with Crippen LogP contribution in [-0.4, -0.2) is 9.67 Å². The summed E-state index contributed by atoms with van der Waals surface area (Å²) < 4.78 is 1.77. The molecule has 2 rings (SSSR count). The smallest absolute Gasteiger partial charge is 0.256 e. The van der Waals surface area contributed by atoms with E-state index in [1.54, 1.807) is 10.6 Å². The Labute approximate surface area is 113 Å². The molecule has 0 aliphatic heterocycles. The van der Waals surface area contributed by atoms with Crippen molar-refractivity contribution in [1.82, 2.24) is 4.57 Å². The quantitative estimate of drug-likeness (QED) is 0.895. The third-order valence-corrected chi connectivity index (χ3v) is 3.23. The first-order valence-electron chi connectivity index (χ1n) is 6.67. The van der Waals surface area contributed by atoms with E-state index in [-0.39, 0.29) is 12.2 Å². The molecule has 0 saturated heterocycles. The Kier molecular flexibility index (Phi) is 4.53. The van der Waals surface area contributed by atoms with E-state index in [1.165, 1.54) is 0 Å². The monoisotopic (exact) mass is 257 g/mol. The molecular weight excluding hydrogens is 238 g/mol. The van der Waals surface area contributed by atoms with Crippen molar-refractivity contribution in [3.05, 3.63) is 58.4 Å². The molecule has 1 heterocycles. The van der Waals surface area contributed by atoms with Gasteiger partial charge < -0.3 is 9.67 Å². The highest BCUT2D eigenvalue weighted by molar-refractivity contribution is 5.59. The third-order valence-electron chi connectivity index (χ3n) is 3.23. The van der Waals surface area contributed by atoms with Crippen molar-refractivity contribution in [3.63, 3.8) is 0 Å². The van der Waals surface area contributed by atoms with Crippen LogP contribution in [0.5, 0.6) is 0 Å². The first-order valence-corrected chi connectivity index (χ1v) is 6.67. The van der Waals surface area contributed by atoms with Crippen LogP contribution in [0.1, 0.15) is 25.3 Å². The molecule has 0 unspecified atom stereocenters. The lowest BCUT2D eigenvalue weighted by atomic mass is 10.1. The van der Waals surface area contributed by atoms with Gasteiger partial charge >= 0.3 is 0 Å². The minimum atomic E-state index is -0.208. The van der Waals surface area contributed by atoms with Gasteiger partial charge in [-0.3, -0.25) is 4.79 Å². The average molecular weight is 257 g/mol. The summed E-state index contributed by atoms with van der Waals surface area (Å²) in [6, 6.07) is 13.5. The lowest BCUT2D eigenvalue weighted by molar-refractivity contribution is 0.279. The predicted molar refractivity (Wildman–Crippen MR) is 77.0 cm³/mol. The molecule has 0 spiro atoms. The Bertz CT molecular complexity index is 587. The molecule has 100 valence electrons. The second-order valence-electron chi connectivity index (χ2n) is 4.58. The van der Waals surface area contributed by atoms with E-state index < -0.39 is 0 Å². The number of pyridine rings is 1. The zero-order chi connectivity index (χ0) is 13.7. The van der Waals surface area contributed by atoms with Crippen LogP contribution in [-0.2, 0) is 13.2 Å². The molecule has 0 atom stereocenters. The van der Waals surface area contributed by atoms with Gasteiger partial charge in [-0.2, -0.15) is 0 Å². The van der Waals surface area contributed by atoms with Crippen LogP contribution in [0.3, 0.4) is 0 Å². The highest BCUT2D eigenvalue weighted by Gasteiger charge is 2.09. The summed E-state index contributed by atoms with van der Waals surface area (Å²) in [5.41, 5.74) is 2.31. The number of hydrogen-bond donors (Lipinski definition) is 1. The number of nitrogens with zero attached hydrogens (tertiary/aromatic N) is 1. The summed E-state index contributed by atoms with van der Waals surface area (Å²) in [5.74, 6) is 0. The molecule has 0 radical (unpaired) electrons. The molecule has 2 aromatic rings. The van der Waals surface area contributed by atoms with E-state index in [2.05, 4.69) is 6.92 Å². The van der Waals surface area contributed by atoms with Crippen LogP contribution in [0.15, 0.2) is 47.3 Å². The second kappa shape index (κ2) is 6.34. The van der Waals surface area contributed by atoms with Gasteiger partial charge in [0.25, 0.3) is 5.56 Å². The largest absolute Gasteiger partial charge is 0.391 e. The van der Waals surface area contributed by atoms with Crippen molar-refractivity contribution in [2.45, 2.75) is 32.9 Å². The van der Waals surface area contributed by atoms with Crippen molar-refractivity contribution >= 4 is 0 Å². The maximum absolute atomic E-state index is 12.3. The Morgan fingerprint density at radius 1 is 1.11 bits per heavy atom. The average Bonchev–Trinajstić information content (AvgIpc) is 2.46. The van der Waals surface area contributed by atoms with E-state index in [0.717, 1.165) is 24.1 Å². The van der Waals surface area contributed by atoms with Crippen molar-refractivity contribution in [1.29, 1.82) is 0 Å². The fourth-order valence-corrected chi connectivity index (χ4v) is 2.14. The van der Waals surface area contributed by atoms with Gasteiger partial charge in [0.15, 0.2) is 0 Å². The molecule has 1 aromatic heterocycles. The van der Waals surface area contributed by atoms with Gasteiger partial charge in [-0.15, -0.1) is 0 Å². The maximum atomic E-state index is 12.3. The van der Waals surface area contributed by atoms with Crippen molar-refractivity contribution < 1.29 is 5.11 Å². The van der Waals surface area contributed by atoms with Crippen LogP contribution in [0, 0.1) is 0 Å². The SMILES string of the molecule is CCCCn1c(-c2ccccc2)ccc(CO)c1=O. The molecule has 0 aliphatic carbocycles. The van der Waals surface area contributed by atoms with E-state index >= 15 is 0 Å². The normalized spacial score (nSPS) is 10.6. The van der Waals surface area contributed by atoms with Gasteiger partial charge in [-0.05, 0) is 24.1 Å². The summed E-state index contributed by atoms with van der Waals surface area (Å²) in [5, 5.41) is 9.22. The molecule has 19 heavy (non-hydrogen) atoms. The van der Waals surface area contributed by atoms with Crippen molar-refractivity contribution in [2.75, 3.05) is 0 Å². The first kappa shape index (κ1) is 13.6. The fourth-order valence-electron chi connectivity index (χ4n) is 2.14. The number of benzene rings is 1. The van der Waals surface area contributed by atoms with Gasteiger partial charge in [0.05, 0.1) is 12.3 Å². The predicted octanol–water partition coefficient (Wildman–Crippen LogP) is 2.81. The Balaban J connectivity index is 2.54. The van der Waals surface area contributed by atoms with E-state index in [9.17, 15) is 9.90 Å². The number of aliphatic hydroxyl groups excluding tert-OH is 1. The van der Waals surface area contributed by atoms with Gasteiger partial charge in [0, 0.05) is 12.1 Å². The summed E-state index contributed by atoms with van der Waals surface area (Å²) in [4.78, 5) is 12.3. The molecule has 0 aliphatic rings. The highest BCUT2D eigenvalue weighted by Crippen LogP contribution is 2.18. The van der Waals surface area contributed by atoms with Crippen LogP contribution in [0.25, 0.3) is 11.3 Å². The zero-order valence-corrected chi connectivity index (χ0v) is 11.2. The van der Waals surface area contributed by atoms with E-state index in [4.69, 9.17) is 0 Å². The maximum Gasteiger partial charge on any atom is 0.256 e. The Morgan fingerprint density at radius 2 is 1.84 bits per heavy atom. The standard InChI is InChI=1S/C16H19NO2/c1-2-3-11-17-15(13-7-5-4-6-8-13)10-9-14(12-18)16(17)19/h4-10,18H,2-3,11-12H2,1H3. The van der Waals surface area contributed by atoms with Crippen molar-refractivity contribution in [2.24, 2.45) is 0 Å². The molecular formula is C16H19NO2. The molecule has 3 nitrogen and oxygen atoms in total. The number of unbranched alkanes of at least 4 members (excludes halogenated alkanes) is 1. The zero-order valence-electron chi connectivity index (χ0n) is 11.2. The van der Waals surface area contributed by atoms with E-state index in [1.807, 2.05) is 36.4 Å². The van der Waals surface area contributed by atoms with Crippen molar-refractivity contribution in [3.8, 4) is 11.3 Å². The van der Waals surface area contributed by atoms with E-state index in [0.29, 0.717) is 12.1 Å². The third kappa shape index (κ3) is 2.93. The number of aliphatic hydroxyl groups is 1. The topological polar surface area (TPSA) is 42.2 Å². The lowest BCUT2D eigenvalue weighted by Crippen LogP contribution is -2.25. The molecule has 3 heteroatoms. The lowest BCUT2D eigenvalue weighted by Gasteiger charge is -2.14. The molecule has 0 fully saturated rings. The summed E-state index contributed by atoms with van der Waals surface area (Å²) in [7, 11) is 0. The fraction of sp³-hybridized carbons (Fsp3) is 0.312. The molecule has 0 amide bonds. The number of hydrogen-bond acceptors (Lipinski definition) is 2. The summed E-state index contributed by atoms with van der Waals surface area (Å²) >= 11 is 0.